The highest BCUT2D eigenvalue weighted by Gasteiger charge is 2.18. The predicted octanol–water partition coefficient (Wildman–Crippen LogP) is 5.02. The topological polar surface area (TPSA) is 88.7 Å². The standard InChI is InChI=1S/C27H27N3O4/c1-16-3-8-21(29-26(31)20-7-10-24-25(14-20)34-12-11-33-24)15-23(16)30-27(32)19-6-9-22-18(13-19)5-4-17(2)28-22/h3,6-10,13-15,17,28H,4-5,11-12H2,1-2H3,(H,29,31)(H,30,32)/t17-/m0/s1. The van der Waals surface area contributed by atoms with Crippen LogP contribution in [0.5, 0.6) is 11.5 Å². The Morgan fingerprint density at radius 3 is 2.47 bits per heavy atom. The maximum atomic E-state index is 13.0. The summed E-state index contributed by atoms with van der Waals surface area (Å²) in [6, 6.07) is 16.8. The van der Waals surface area contributed by atoms with Crippen molar-refractivity contribution in [1.29, 1.82) is 0 Å². The van der Waals surface area contributed by atoms with Crippen molar-refractivity contribution in [3.05, 3.63) is 76.9 Å². The first-order valence-electron chi connectivity index (χ1n) is 11.5. The van der Waals surface area contributed by atoms with E-state index in [0.717, 1.165) is 29.7 Å². The van der Waals surface area contributed by atoms with E-state index in [1.165, 1.54) is 0 Å². The van der Waals surface area contributed by atoms with Crippen molar-refractivity contribution in [2.24, 2.45) is 0 Å². The number of nitrogens with one attached hydrogen (secondary N) is 3. The maximum absolute atomic E-state index is 13.0. The average Bonchev–Trinajstić information content (AvgIpc) is 2.85. The number of anilines is 3. The van der Waals surface area contributed by atoms with E-state index in [1.807, 2.05) is 37.3 Å². The van der Waals surface area contributed by atoms with E-state index in [4.69, 9.17) is 9.47 Å². The molecule has 0 aliphatic carbocycles. The van der Waals surface area contributed by atoms with Crippen LogP contribution in [0.4, 0.5) is 17.1 Å². The third kappa shape index (κ3) is 4.55. The van der Waals surface area contributed by atoms with Gasteiger partial charge in [0.15, 0.2) is 11.5 Å². The molecule has 0 aromatic heterocycles. The van der Waals surface area contributed by atoms with E-state index in [2.05, 4.69) is 22.9 Å². The van der Waals surface area contributed by atoms with Gasteiger partial charge in [0.25, 0.3) is 11.8 Å². The van der Waals surface area contributed by atoms with Crippen LogP contribution in [0.3, 0.4) is 0 Å². The number of hydrogen-bond donors (Lipinski definition) is 3. The highest BCUT2D eigenvalue weighted by Crippen LogP contribution is 2.31. The number of benzene rings is 3. The Morgan fingerprint density at radius 1 is 0.882 bits per heavy atom. The Bertz CT molecular complexity index is 1270. The third-order valence-corrected chi connectivity index (χ3v) is 6.16. The van der Waals surface area contributed by atoms with Crippen LogP contribution in [0, 0.1) is 6.92 Å². The van der Waals surface area contributed by atoms with Gasteiger partial charge in [0, 0.05) is 34.2 Å². The summed E-state index contributed by atoms with van der Waals surface area (Å²) in [6.45, 7) is 5.03. The van der Waals surface area contributed by atoms with E-state index >= 15 is 0 Å². The van der Waals surface area contributed by atoms with Crippen LogP contribution in [0.2, 0.25) is 0 Å². The van der Waals surface area contributed by atoms with Gasteiger partial charge in [-0.1, -0.05) is 6.07 Å². The maximum Gasteiger partial charge on any atom is 0.255 e. The zero-order chi connectivity index (χ0) is 23.7. The average molecular weight is 458 g/mol. The summed E-state index contributed by atoms with van der Waals surface area (Å²) in [5.74, 6) is 0.746. The van der Waals surface area contributed by atoms with Gasteiger partial charge in [-0.15, -0.1) is 0 Å². The largest absolute Gasteiger partial charge is 0.486 e. The summed E-state index contributed by atoms with van der Waals surface area (Å²) in [4.78, 5) is 25.8. The molecule has 1 atom stereocenters. The molecule has 0 unspecified atom stereocenters. The lowest BCUT2D eigenvalue weighted by molar-refractivity contribution is 0.101. The predicted molar refractivity (Wildman–Crippen MR) is 132 cm³/mol. The number of hydrogen-bond acceptors (Lipinski definition) is 5. The number of carbonyl (C=O) groups is 2. The Labute approximate surface area is 198 Å². The second-order valence-electron chi connectivity index (χ2n) is 8.75. The van der Waals surface area contributed by atoms with Crippen LogP contribution in [0.25, 0.3) is 0 Å². The van der Waals surface area contributed by atoms with Gasteiger partial charge in [-0.2, -0.15) is 0 Å². The Morgan fingerprint density at radius 2 is 1.62 bits per heavy atom. The van der Waals surface area contributed by atoms with Crippen molar-refractivity contribution < 1.29 is 19.1 Å². The summed E-state index contributed by atoms with van der Waals surface area (Å²) in [6.07, 6.45) is 1.99. The number of fused-ring (bicyclic) bond motifs is 2. The van der Waals surface area contributed by atoms with Crippen LogP contribution in [0.1, 0.15) is 45.2 Å². The van der Waals surface area contributed by atoms with Gasteiger partial charge in [-0.3, -0.25) is 9.59 Å². The molecule has 3 aromatic carbocycles. The molecule has 2 amide bonds. The van der Waals surface area contributed by atoms with Gasteiger partial charge in [-0.05, 0) is 86.3 Å². The van der Waals surface area contributed by atoms with E-state index in [0.29, 0.717) is 53.3 Å². The molecular formula is C27H27N3O4. The molecule has 7 heteroatoms. The molecule has 34 heavy (non-hydrogen) atoms. The minimum atomic E-state index is -0.269. The summed E-state index contributed by atoms with van der Waals surface area (Å²) < 4.78 is 11.1. The fourth-order valence-electron chi connectivity index (χ4n) is 4.21. The molecule has 0 bridgehead atoms. The first kappa shape index (κ1) is 21.8. The van der Waals surface area contributed by atoms with Crippen LogP contribution in [-0.4, -0.2) is 31.1 Å². The lowest BCUT2D eigenvalue weighted by atomic mass is 9.97. The number of carbonyl (C=O) groups excluding carboxylic acids is 2. The van der Waals surface area contributed by atoms with Crippen LogP contribution in [0.15, 0.2) is 54.6 Å². The first-order valence-corrected chi connectivity index (χ1v) is 11.5. The summed E-state index contributed by atoms with van der Waals surface area (Å²) in [5.41, 5.74) is 5.46. The van der Waals surface area contributed by atoms with E-state index < -0.39 is 0 Å². The molecule has 0 saturated heterocycles. The number of ether oxygens (including phenoxy) is 2. The number of rotatable bonds is 4. The van der Waals surface area contributed by atoms with Gasteiger partial charge in [0.2, 0.25) is 0 Å². The molecule has 3 N–H and O–H groups in total. The molecule has 0 fully saturated rings. The molecule has 0 saturated carbocycles. The SMILES string of the molecule is Cc1ccc(NC(=O)c2ccc3c(c2)OCCO3)cc1NC(=O)c1ccc2c(c1)CC[C@H](C)N2. The first-order chi connectivity index (χ1) is 16.5. The minimum Gasteiger partial charge on any atom is -0.486 e. The summed E-state index contributed by atoms with van der Waals surface area (Å²) in [5, 5.41) is 9.34. The molecular weight excluding hydrogens is 430 g/mol. The normalized spacial score (nSPS) is 16.1. The number of amides is 2. The molecule has 2 aliphatic rings. The van der Waals surface area contributed by atoms with Crippen molar-refractivity contribution in [1.82, 2.24) is 0 Å². The van der Waals surface area contributed by atoms with Crippen LogP contribution >= 0.6 is 0 Å². The summed E-state index contributed by atoms with van der Waals surface area (Å²) >= 11 is 0. The molecule has 0 spiro atoms. The Hall–Kier alpha value is -4.00. The zero-order valence-electron chi connectivity index (χ0n) is 19.2. The van der Waals surface area contributed by atoms with Crippen molar-refractivity contribution in [2.45, 2.75) is 32.7 Å². The lowest BCUT2D eigenvalue weighted by Gasteiger charge is -2.24. The van der Waals surface area contributed by atoms with Crippen molar-refractivity contribution in [3.8, 4) is 11.5 Å². The highest BCUT2D eigenvalue weighted by atomic mass is 16.6. The molecule has 2 aliphatic heterocycles. The Kier molecular flexibility index (Phi) is 5.84. The highest BCUT2D eigenvalue weighted by molar-refractivity contribution is 6.07. The fourth-order valence-corrected chi connectivity index (χ4v) is 4.21. The van der Waals surface area contributed by atoms with E-state index in [1.54, 1.807) is 24.3 Å². The van der Waals surface area contributed by atoms with Gasteiger partial charge in [0.05, 0.1) is 0 Å². The van der Waals surface area contributed by atoms with E-state index in [-0.39, 0.29) is 11.8 Å². The Balaban J connectivity index is 1.30. The molecule has 7 nitrogen and oxygen atoms in total. The molecule has 2 heterocycles. The zero-order valence-corrected chi connectivity index (χ0v) is 19.2. The lowest BCUT2D eigenvalue weighted by Crippen LogP contribution is -2.22. The van der Waals surface area contributed by atoms with Crippen LogP contribution in [-0.2, 0) is 6.42 Å². The smallest absolute Gasteiger partial charge is 0.255 e. The van der Waals surface area contributed by atoms with Gasteiger partial charge >= 0.3 is 0 Å². The summed E-state index contributed by atoms with van der Waals surface area (Å²) in [7, 11) is 0. The monoisotopic (exact) mass is 457 g/mol. The molecule has 3 aromatic rings. The minimum absolute atomic E-state index is 0.181. The van der Waals surface area contributed by atoms with Crippen molar-refractivity contribution in [3.63, 3.8) is 0 Å². The van der Waals surface area contributed by atoms with Gasteiger partial charge in [0.1, 0.15) is 13.2 Å². The fraction of sp³-hybridized carbons (Fsp3) is 0.259. The quantitative estimate of drug-likeness (QED) is 0.512. The molecule has 0 radical (unpaired) electrons. The number of aryl methyl sites for hydroxylation is 2. The van der Waals surface area contributed by atoms with Crippen molar-refractivity contribution >= 4 is 28.9 Å². The third-order valence-electron chi connectivity index (χ3n) is 6.16. The second-order valence-corrected chi connectivity index (χ2v) is 8.75. The van der Waals surface area contributed by atoms with Crippen LogP contribution < -0.4 is 25.4 Å². The van der Waals surface area contributed by atoms with Crippen molar-refractivity contribution in [2.75, 3.05) is 29.2 Å². The van der Waals surface area contributed by atoms with Gasteiger partial charge < -0.3 is 25.4 Å². The molecule has 174 valence electrons. The van der Waals surface area contributed by atoms with Gasteiger partial charge in [-0.25, -0.2) is 0 Å². The molecule has 5 rings (SSSR count). The second kappa shape index (κ2) is 9.09. The van der Waals surface area contributed by atoms with E-state index in [9.17, 15) is 9.59 Å².